The summed E-state index contributed by atoms with van der Waals surface area (Å²) >= 11 is 0. The third-order valence-electron chi connectivity index (χ3n) is 2.96. The fourth-order valence-corrected chi connectivity index (χ4v) is 1.75. The van der Waals surface area contributed by atoms with Gasteiger partial charge in [-0.05, 0) is 42.3 Å². The molecule has 2 aromatic rings. The molecule has 0 aromatic heterocycles. The van der Waals surface area contributed by atoms with Crippen LogP contribution in [0, 0.1) is 10.1 Å². The van der Waals surface area contributed by atoms with E-state index in [2.05, 4.69) is 0 Å². The van der Waals surface area contributed by atoms with Crippen LogP contribution in [0.3, 0.4) is 0 Å². The van der Waals surface area contributed by atoms with Gasteiger partial charge in [0.2, 0.25) is 0 Å². The normalized spacial score (nSPS) is 11.9. The summed E-state index contributed by atoms with van der Waals surface area (Å²) in [6, 6.07) is 13.9. The molecule has 0 heterocycles. The molecular formula is C15H16N2O3. The van der Waals surface area contributed by atoms with Gasteiger partial charge in [-0.1, -0.05) is 12.1 Å². The minimum Gasteiger partial charge on any atom is -0.489 e. The second-order valence-corrected chi connectivity index (χ2v) is 4.57. The van der Waals surface area contributed by atoms with Crippen molar-refractivity contribution in [2.24, 2.45) is 5.73 Å². The Morgan fingerprint density at radius 2 is 1.75 bits per heavy atom. The maximum atomic E-state index is 10.5. The Balaban J connectivity index is 1.96. The van der Waals surface area contributed by atoms with Gasteiger partial charge in [0.15, 0.2) is 0 Å². The molecule has 0 amide bonds. The molecule has 2 rings (SSSR count). The molecule has 5 nitrogen and oxygen atoms in total. The Morgan fingerprint density at radius 1 is 1.15 bits per heavy atom. The van der Waals surface area contributed by atoms with E-state index in [-0.39, 0.29) is 11.7 Å². The first kappa shape index (κ1) is 14.0. The number of non-ortho nitro benzene ring substituents is 1. The molecule has 0 aliphatic rings. The van der Waals surface area contributed by atoms with Crippen LogP contribution in [0.1, 0.15) is 24.1 Å². The van der Waals surface area contributed by atoms with Crippen LogP contribution in [0.5, 0.6) is 5.75 Å². The van der Waals surface area contributed by atoms with Crippen molar-refractivity contribution in [2.75, 3.05) is 0 Å². The highest BCUT2D eigenvalue weighted by Crippen LogP contribution is 2.18. The summed E-state index contributed by atoms with van der Waals surface area (Å²) in [6.07, 6.45) is 0. The maximum Gasteiger partial charge on any atom is 0.269 e. The second-order valence-electron chi connectivity index (χ2n) is 4.57. The van der Waals surface area contributed by atoms with Crippen molar-refractivity contribution in [3.8, 4) is 5.75 Å². The molecule has 5 heteroatoms. The summed E-state index contributed by atoms with van der Waals surface area (Å²) in [7, 11) is 0. The van der Waals surface area contributed by atoms with Crippen LogP contribution in [0.15, 0.2) is 48.5 Å². The van der Waals surface area contributed by atoms with Gasteiger partial charge in [0, 0.05) is 18.2 Å². The Labute approximate surface area is 117 Å². The highest BCUT2D eigenvalue weighted by Gasteiger charge is 2.04. The first-order chi connectivity index (χ1) is 9.56. The fraction of sp³-hybridized carbons (Fsp3) is 0.200. The lowest BCUT2D eigenvalue weighted by Crippen LogP contribution is -2.04. The lowest BCUT2D eigenvalue weighted by atomic mass is 10.1. The van der Waals surface area contributed by atoms with Crippen molar-refractivity contribution in [3.63, 3.8) is 0 Å². The fourth-order valence-electron chi connectivity index (χ4n) is 1.75. The van der Waals surface area contributed by atoms with Gasteiger partial charge < -0.3 is 10.5 Å². The van der Waals surface area contributed by atoms with Gasteiger partial charge in [0.1, 0.15) is 12.4 Å². The number of hydrogen-bond acceptors (Lipinski definition) is 4. The molecule has 0 saturated carbocycles. The first-order valence-corrected chi connectivity index (χ1v) is 6.28. The number of nitro groups is 1. The summed E-state index contributed by atoms with van der Waals surface area (Å²) in [6.45, 7) is 2.29. The summed E-state index contributed by atoms with van der Waals surface area (Å²) in [5, 5.41) is 10.5. The predicted molar refractivity (Wildman–Crippen MR) is 76.5 cm³/mol. The number of nitrogens with two attached hydrogens (primary N) is 1. The van der Waals surface area contributed by atoms with Gasteiger partial charge in [0.25, 0.3) is 5.69 Å². The number of nitro benzene ring substituents is 1. The zero-order chi connectivity index (χ0) is 14.5. The first-order valence-electron chi connectivity index (χ1n) is 6.28. The molecular weight excluding hydrogens is 256 g/mol. The average molecular weight is 272 g/mol. The molecule has 104 valence electrons. The lowest BCUT2D eigenvalue weighted by molar-refractivity contribution is -0.384. The Morgan fingerprint density at radius 3 is 2.25 bits per heavy atom. The summed E-state index contributed by atoms with van der Waals surface area (Å²) in [4.78, 5) is 10.1. The summed E-state index contributed by atoms with van der Waals surface area (Å²) in [5.41, 5.74) is 7.78. The molecule has 2 aromatic carbocycles. The van der Waals surface area contributed by atoms with E-state index in [9.17, 15) is 10.1 Å². The van der Waals surface area contributed by atoms with Gasteiger partial charge in [-0.3, -0.25) is 10.1 Å². The molecule has 0 bridgehead atoms. The number of benzene rings is 2. The summed E-state index contributed by atoms with van der Waals surface area (Å²) in [5.74, 6) is 0.743. The van der Waals surface area contributed by atoms with Crippen LogP contribution in [0.25, 0.3) is 0 Å². The molecule has 1 atom stereocenters. The summed E-state index contributed by atoms with van der Waals surface area (Å²) < 4.78 is 5.62. The van der Waals surface area contributed by atoms with E-state index in [0.717, 1.165) is 16.9 Å². The SMILES string of the molecule is C[C@@H](N)c1ccc(OCc2ccc([N+](=O)[O-])cc2)cc1. The predicted octanol–water partition coefficient (Wildman–Crippen LogP) is 3.19. The van der Waals surface area contributed by atoms with Crippen molar-refractivity contribution in [3.05, 3.63) is 69.8 Å². The topological polar surface area (TPSA) is 78.4 Å². The van der Waals surface area contributed by atoms with E-state index in [1.807, 2.05) is 31.2 Å². The van der Waals surface area contributed by atoms with Crippen LogP contribution < -0.4 is 10.5 Å². The smallest absolute Gasteiger partial charge is 0.269 e. The van der Waals surface area contributed by atoms with E-state index in [4.69, 9.17) is 10.5 Å². The van der Waals surface area contributed by atoms with E-state index in [1.54, 1.807) is 12.1 Å². The van der Waals surface area contributed by atoms with Gasteiger partial charge in [0.05, 0.1) is 4.92 Å². The zero-order valence-corrected chi connectivity index (χ0v) is 11.2. The van der Waals surface area contributed by atoms with E-state index >= 15 is 0 Å². The molecule has 0 aliphatic carbocycles. The number of nitrogens with zero attached hydrogens (tertiary/aromatic N) is 1. The Bertz CT molecular complexity index is 577. The average Bonchev–Trinajstić information content (AvgIpc) is 2.46. The zero-order valence-electron chi connectivity index (χ0n) is 11.2. The lowest BCUT2D eigenvalue weighted by Gasteiger charge is -2.09. The van der Waals surface area contributed by atoms with Crippen LogP contribution in [0.4, 0.5) is 5.69 Å². The van der Waals surface area contributed by atoms with Gasteiger partial charge in [-0.2, -0.15) is 0 Å². The maximum absolute atomic E-state index is 10.5. The number of ether oxygens (including phenoxy) is 1. The largest absolute Gasteiger partial charge is 0.489 e. The van der Waals surface area contributed by atoms with Crippen molar-refractivity contribution < 1.29 is 9.66 Å². The van der Waals surface area contributed by atoms with E-state index in [1.165, 1.54) is 12.1 Å². The molecule has 0 radical (unpaired) electrons. The molecule has 0 saturated heterocycles. The highest BCUT2D eigenvalue weighted by molar-refractivity contribution is 5.33. The number of hydrogen-bond donors (Lipinski definition) is 1. The third kappa shape index (κ3) is 3.55. The molecule has 2 N–H and O–H groups in total. The van der Waals surface area contributed by atoms with E-state index in [0.29, 0.717) is 6.61 Å². The van der Waals surface area contributed by atoms with Crippen LogP contribution in [-0.4, -0.2) is 4.92 Å². The van der Waals surface area contributed by atoms with Crippen LogP contribution >= 0.6 is 0 Å². The van der Waals surface area contributed by atoms with Crippen molar-refractivity contribution in [2.45, 2.75) is 19.6 Å². The van der Waals surface area contributed by atoms with Crippen LogP contribution in [-0.2, 0) is 6.61 Å². The Kier molecular flexibility index (Phi) is 4.32. The van der Waals surface area contributed by atoms with Crippen molar-refractivity contribution in [1.82, 2.24) is 0 Å². The van der Waals surface area contributed by atoms with Gasteiger partial charge in [-0.15, -0.1) is 0 Å². The van der Waals surface area contributed by atoms with Gasteiger partial charge >= 0.3 is 0 Å². The Hall–Kier alpha value is -2.40. The van der Waals surface area contributed by atoms with Crippen LogP contribution in [0.2, 0.25) is 0 Å². The molecule has 20 heavy (non-hydrogen) atoms. The molecule has 0 unspecified atom stereocenters. The quantitative estimate of drug-likeness (QED) is 0.669. The third-order valence-corrected chi connectivity index (χ3v) is 2.96. The monoisotopic (exact) mass is 272 g/mol. The second kappa shape index (κ2) is 6.16. The van der Waals surface area contributed by atoms with Gasteiger partial charge in [-0.25, -0.2) is 0 Å². The van der Waals surface area contributed by atoms with Crippen molar-refractivity contribution in [1.29, 1.82) is 0 Å². The van der Waals surface area contributed by atoms with E-state index < -0.39 is 4.92 Å². The standard InChI is InChI=1S/C15H16N2O3/c1-11(16)13-4-8-15(9-5-13)20-10-12-2-6-14(7-3-12)17(18)19/h2-9,11H,10,16H2,1H3/t11-/m1/s1. The molecule has 0 spiro atoms. The van der Waals surface area contributed by atoms with Crippen molar-refractivity contribution >= 4 is 5.69 Å². The highest BCUT2D eigenvalue weighted by atomic mass is 16.6. The number of rotatable bonds is 5. The molecule has 0 aliphatic heterocycles. The minimum atomic E-state index is -0.419. The minimum absolute atomic E-state index is 0.00118. The molecule has 0 fully saturated rings.